The van der Waals surface area contributed by atoms with Gasteiger partial charge in [-0.05, 0) is 73.7 Å². The van der Waals surface area contributed by atoms with Gasteiger partial charge in [0.2, 0.25) is 0 Å². The quantitative estimate of drug-likeness (QED) is 0.167. The zero-order valence-corrected chi connectivity index (χ0v) is 20.4. The number of aromatic nitrogens is 4. The molecule has 4 rings (SSSR count). The van der Waals surface area contributed by atoms with Crippen LogP contribution in [0.15, 0.2) is 51.0 Å². The van der Waals surface area contributed by atoms with Crippen LogP contribution in [0.3, 0.4) is 0 Å². The lowest BCUT2D eigenvalue weighted by molar-refractivity contribution is -0.383. The first-order valence-corrected chi connectivity index (χ1v) is 11.4. The Morgan fingerprint density at radius 3 is 2.27 bits per heavy atom. The molecule has 0 bridgehead atoms. The highest BCUT2D eigenvalue weighted by Crippen LogP contribution is 2.32. The number of imidazole rings is 1. The van der Waals surface area contributed by atoms with Crippen molar-refractivity contribution in [2.75, 3.05) is 0 Å². The number of H-pyrrole nitrogens is 1. The first-order valence-electron chi connectivity index (χ1n) is 10.3. The van der Waals surface area contributed by atoms with Crippen molar-refractivity contribution in [2.45, 2.75) is 33.9 Å². The summed E-state index contributed by atoms with van der Waals surface area (Å²) in [5.41, 5.74) is 1.87. The van der Waals surface area contributed by atoms with E-state index in [9.17, 15) is 19.7 Å². The summed E-state index contributed by atoms with van der Waals surface area (Å²) in [7, 11) is 0. The summed E-state index contributed by atoms with van der Waals surface area (Å²) in [6.07, 6.45) is 1.33. The van der Waals surface area contributed by atoms with E-state index >= 15 is 0 Å². The standard InChI is InChI=1S/C22H21IN6O4/c1-4-26-19-10-17(18(29(32)33)11-20(19)27(5-2)22(26)31)24-12-16-13(3)25-28(21(16)30)15-8-6-14(23)7-9-15/h6-12,25H,4-5H2,1-3H3. The summed E-state index contributed by atoms with van der Waals surface area (Å²) >= 11 is 2.18. The second-order valence-corrected chi connectivity index (χ2v) is 8.63. The molecule has 0 unspecified atom stereocenters. The highest BCUT2D eigenvalue weighted by atomic mass is 127. The van der Waals surface area contributed by atoms with Gasteiger partial charge in [0, 0.05) is 34.6 Å². The van der Waals surface area contributed by atoms with Crippen LogP contribution in [0.1, 0.15) is 25.1 Å². The predicted molar refractivity (Wildman–Crippen MR) is 135 cm³/mol. The molecule has 2 aromatic carbocycles. The van der Waals surface area contributed by atoms with Crippen LogP contribution in [0.25, 0.3) is 16.7 Å². The lowest BCUT2D eigenvalue weighted by Gasteiger charge is -2.02. The third kappa shape index (κ3) is 3.92. The molecule has 0 aliphatic carbocycles. The van der Waals surface area contributed by atoms with Crippen molar-refractivity contribution >= 4 is 51.2 Å². The zero-order valence-electron chi connectivity index (χ0n) is 18.2. The van der Waals surface area contributed by atoms with Crippen molar-refractivity contribution in [1.29, 1.82) is 0 Å². The monoisotopic (exact) mass is 560 g/mol. The minimum absolute atomic E-state index is 0.0729. The smallest absolute Gasteiger partial charge is 0.295 e. The second-order valence-electron chi connectivity index (χ2n) is 7.38. The number of aromatic amines is 1. The van der Waals surface area contributed by atoms with Crippen LogP contribution in [-0.4, -0.2) is 30.1 Å². The molecule has 0 aliphatic rings. The molecule has 33 heavy (non-hydrogen) atoms. The van der Waals surface area contributed by atoms with Gasteiger partial charge in [0.25, 0.3) is 11.2 Å². The van der Waals surface area contributed by atoms with E-state index in [2.05, 4.69) is 32.7 Å². The van der Waals surface area contributed by atoms with Gasteiger partial charge in [0.05, 0.1) is 27.2 Å². The fourth-order valence-electron chi connectivity index (χ4n) is 3.82. The molecular weight excluding hydrogens is 539 g/mol. The number of rotatable bonds is 6. The Morgan fingerprint density at radius 2 is 1.70 bits per heavy atom. The van der Waals surface area contributed by atoms with E-state index < -0.39 is 4.92 Å². The van der Waals surface area contributed by atoms with Gasteiger partial charge in [0.1, 0.15) is 5.69 Å². The van der Waals surface area contributed by atoms with E-state index in [1.165, 1.54) is 27.6 Å². The average Bonchev–Trinajstić information content (AvgIpc) is 3.22. The van der Waals surface area contributed by atoms with Crippen LogP contribution in [-0.2, 0) is 13.1 Å². The molecule has 170 valence electrons. The summed E-state index contributed by atoms with van der Waals surface area (Å²) in [5.74, 6) is 0. The number of nitro benzene ring substituents is 1. The van der Waals surface area contributed by atoms with E-state index in [1.54, 1.807) is 11.5 Å². The molecule has 0 spiro atoms. The Bertz CT molecular complexity index is 1520. The van der Waals surface area contributed by atoms with Gasteiger partial charge < -0.3 is 0 Å². The number of nitrogens with zero attached hydrogens (tertiary/aromatic N) is 5. The van der Waals surface area contributed by atoms with Gasteiger partial charge in [-0.25, -0.2) is 14.5 Å². The van der Waals surface area contributed by atoms with Crippen LogP contribution < -0.4 is 11.2 Å². The summed E-state index contributed by atoms with van der Waals surface area (Å²) in [6, 6.07) is 10.3. The predicted octanol–water partition coefficient (Wildman–Crippen LogP) is 3.89. The Hall–Kier alpha value is -3.48. The molecule has 0 atom stereocenters. The van der Waals surface area contributed by atoms with E-state index in [0.29, 0.717) is 41.1 Å². The van der Waals surface area contributed by atoms with E-state index in [0.717, 1.165) is 3.57 Å². The summed E-state index contributed by atoms with van der Waals surface area (Å²) in [6.45, 7) is 6.19. The van der Waals surface area contributed by atoms with Crippen molar-refractivity contribution in [3.05, 3.63) is 82.2 Å². The molecule has 0 fully saturated rings. The number of nitrogens with one attached hydrogen (secondary N) is 1. The summed E-state index contributed by atoms with van der Waals surface area (Å²) in [4.78, 5) is 41.1. The van der Waals surface area contributed by atoms with Crippen molar-refractivity contribution in [3.63, 3.8) is 0 Å². The topological polar surface area (TPSA) is 120 Å². The molecular formula is C22H21IN6O4. The third-order valence-corrected chi connectivity index (χ3v) is 6.20. The molecule has 0 saturated heterocycles. The summed E-state index contributed by atoms with van der Waals surface area (Å²) < 4.78 is 5.49. The van der Waals surface area contributed by atoms with Crippen molar-refractivity contribution < 1.29 is 4.92 Å². The molecule has 2 aromatic heterocycles. The molecule has 2 heterocycles. The largest absolute Gasteiger partial charge is 0.329 e. The van der Waals surface area contributed by atoms with Gasteiger partial charge >= 0.3 is 5.69 Å². The minimum atomic E-state index is -0.534. The molecule has 1 N–H and O–H groups in total. The van der Waals surface area contributed by atoms with Crippen LogP contribution in [0, 0.1) is 20.6 Å². The summed E-state index contributed by atoms with van der Waals surface area (Å²) in [5, 5.41) is 14.8. The number of nitro groups is 1. The Balaban J connectivity index is 1.85. The molecule has 11 heteroatoms. The Morgan fingerprint density at radius 1 is 1.09 bits per heavy atom. The van der Waals surface area contributed by atoms with Crippen molar-refractivity contribution in [2.24, 2.45) is 4.99 Å². The minimum Gasteiger partial charge on any atom is -0.295 e. The van der Waals surface area contributed by atoms with Crippen LogP contribution in [0.2, 0.25) is 0 Å². The maximum atomic E-state index is 13.0. The molecule has 10 nitrogen and oxygen atoms in total. The molecule has 0 aliphatic heterocycles. The van der Waals surface area contributed by atoms with Gasteiger partial charge in [-0.1, -0.05) is 0 Å². The number of aliphatic imine (C=N–C) groups is 1. The first kappa shape index (κ1) is 22.7. The maximum Gasteiger partial charge on any atom is 0.329 e. The second kappa shape index (κ2) is 8.81. The molecule has 0 saturated carbocycles. The lowest BCUT2D eigenvalue weighted by atomic mass is 10.2. The van der Waals surface area contributed by atoms with Crippen molar-refractivity contribution in [1.82, 2.24) is 18.9 Å². The van der Waals surface area contributed by atoms with Gasteiger partial charge in [-0.15, -0.1) is 0 Å². The fraction of sp³-hybridized carbons (Fsp3) is 0.227. The third-order valence-electron chi connectivity index (χ3n) is 5.48. The highest BCUT2D eigenvalue weighted by molar-refractivity contribution is 14.1. The highest BCUT2D eigenvalue weighted by Gasteiger charge is 2.21. The lowest BCUT2D eigenvalue weighted by Crippen LogP contribution is -2.23. The van der Waals surface area contributed by atoms with Crippen molar-refractivity contribution in [3.8, 4) is 5.69 Å². The van der Waals surface area contributed by atoms with Gasteiger partial charge in [0.15, 0.2) is 0 Å². The number of halogens is 1. The number of hydrogen-bond acceptors (Lipinski definition) is 5. The maximum absolute atomic E-state index is 13.0. The van der Waals surface area contributed by atoms with Crippen LogP contribution in [0.4, 0.5) is 11.4 Å². The number of fused-ring (bicyclic) bond motifs is 1. The van der Waals surface area contributed by atoms with Gasteiger partial charge in [-0.2, -0.15) is 0 Å². The average molecular weight is 560 g/mol. The number of benzene rings is 2. The van der Waals surface area contributed by atoms with E-state index in [1.807, 2.05) is 38.1 Å². The first-order chi connectivity index (χ1) is 15.8. The number of hydrogen-bond donors (Lipinski definition) is 1. The fourth-order valence-corrected chi connectivity index (χ4v) is 4.18. The number of aryl methyl sites for hydroxylation is 3. The Kier molecular flexibility index (Phi) is 6.06. The SMILES string of the molecule is CCn1c(=O)n(CC)c2cc([N+](=O)[O-])c(N=Cc3c(C)[nH]n(-c4ccc(I)cc4)c3=O)cc21. The zero-order chi connectivity index (χ0) is 23.9. The van der Waals surface area contributed by atoms with Crippen LogP contribution in [0.5, 0.6) is 0 Å². The Labute approximate surface area is 201 Å². The van der Waals surface area contributed by atoms with Gasteiger partial charge in [-0.3, -0.25) is 29.1 Å². The van der Waals surface area contributed by atoms with E-state index in [-0.39, 0.29) is 22.6 Å². The molecule has 0 radical (unpaired) electrons. The molecule has 0 amide bonds. The van der Waals surface area contributed by atoms with E-state index in [4.69, 9.17) is 0 Å². The molecule has 4 aromatic rings. The normalized spacial score (nSPS) is 11.6. The van der Waals surface area contributed by atoms with Crippen LogP contribution >= 0.6 is 22.6 Å².